The van der Waals surface area contributed by atoms with Gasteiger partial charge in [0.1, 0.15) is 17.1 Å². The molecule has 8 aliphatic rings. The molecular formula is C27H22F5NO5S. The zero-order chi connectivity index (χ0) is 27.2. The van der Waals surface area contributed by atoms with Crippen molar-refractivity contribution >= 4 is 17.5 Å². The summed E-state index contributed by atoms with van der Waals surface area (Å²) in [7, 11) is 1.53. The zero-order valence-electron chi connectivity index (χ0n) is 20.5. The Bertz CT molecular complexity index is 1450. The molecule has 0 radical (unpaired) electrons. The van der Waals surface area contributed by atoms with Crippen molar-refractivity contribution in [2.24, 2.45) is 23.2 Å². The minimum atomic E-state index is -2.31. The summed E-state index contributed by atoms with van der Waals surface area (Å²) in [5.41, 5.74) is -2.61. The molecule has 12 heteroatoms. The second-order valence-corrected chi connectivity index (χ2v) is 11.9. The molecule has 5 fully saturated rings. The number of hydrogen-bond donors (Lipinski definition) is 1. The van der Waals surface area contributed by atoms with Gasteiger partial charge in [0.05, 0.1) is 18.1 Å². The van der Waals surface area contributed by atoms with E-state index < -0.39 is 62.7 Å². The highest BCUT2D eigenvalue weighted by atomic mass is 32.1. The number of aliphatic hydroxyl groups is 1. The summed E-state index contributed by atoms with van der Waals surface area (Å²) >= 11 is 5.06. The molecule has 9 rings (SSSR count). The van der Waals surface area contributed by atoms with Crippen LogP contribution in [-0.2, 0) is 14.2 Å². The number of likely N-dealkylation sites (tertiary alicyclic amines) is 1. The molecule has 5 unspecified atom stereocenters. The van der Waals surface area contributed by atoms with Crippen molar-refractivity contribution in [2.75, 3.05) is 13.7 Å². The Morgan fingerprint density at radius 3 is 2.46 bits per heavy atom. The van der Waals surface area contributed by atoms with E-state index in [-0.39, 0.29) is 23.6 Å². The number of nitrogens with zero attached hydrogens (tertiary/aromatic N) is 1. The van der Waals surface area contributed by atoms with Gasteiger partial charge < -0.3 is 24.1 Å². The van der Waals surface area contributed by atoms with Crippen LogP contribution in [-0.4, -0.2) is 52.2 Å². The Morgan fingerprint density at radius 2 is 1.79 bits per heavy atom. The van der Waals surface area contributed by atoms with E-state index in [0.717, 1.165) is 25.8 Å². The van der Waals surface area contributed by atoms with Gasteiger partial charge in [0.2, 0.25) is 34.8 Å². The van der Waals surface area contributed by atoms with Crippen LogP contribution in [0.25, 0.3) is 0 Å². The number of ether oxygens (including phenoxy) is 4. The van der Waals surface area contributed by atoms with Crippen LogP contribution < -0.4 is 4.74 Å². The molecule has 1 aromatic carbocycles. The van der Waals surface area contributed by atoms with E-state index in [0.29, 0.717) is 23.9 Å². The van der Waals surface area contributed by atoms with Crippen LogP contribution >= 0.6 is 12.2 Å². The lowest BCUT2D eigenvalue weighted by Crippen LogP contribution is -3.00. The Balaban J connectivity index is 1.19. The zero-order valence-corrected chi connectivity index (χ0v) is 21.3. The number of allylic oxidation sites excluding steroid dienone is 3. The molecule has 7 atom stereocenters. The van der Waals surface area contributed by atoms with Crippen LogP contribution in [0.1, 0.15) is 25.7 Å². The first-order valence-electron chi connectivity index (χ1n) is 12.8. The summed E-state index contributed by atoms with van der Waals surface area (Å²) in [6.07, 6.45) is 8.50. The molecule has 2 saturated heterocycles. The number of hydrogen-bond acceptors (Lipinski definition) is 7. The minimum absolute atomic E-state index is 0.0818. The highest BCUT2D eigenvalue weighted by molar-refractivity contribution is 7.79. The molecule has 6 aliphatic carbocycles. The second-order valence-electron chi connectivity index (χ2n) is 11.6. The van der Waals surface area contributed by atoms with Crippen LogP contribution in [0, 0.1) is 52.3 Å². The third kappa shape index (κ3) is 2.53. The average Bonchev–Trinajstić information content (AvgIpc) is 3.67. The summed E-state index contributed by atoms with van der Waals surface area (Å²) in [5.74, 6) is -10.8. The standard InChI is InChI=1S/C27H22F5NO5S/c1-35-12-5-4-11-6-14-27(34)25(33(14)8-10-2-3-10)7-13(23-26(27,9-25)15(11)21(12)37-23)36-24(39)38-22-19(31)17(29)16(28)18(30)20(22)32/h4-5,7,10-11,14-15,23,34H,2-3,6,8-9H2,1H3/t11?,14?,15?,23-,25?,26-,27?/m0/s1. The highest BCUT2D eigenvalue weighted by Crippen LogP contribution is 2.84. The summed E-state index contributed by atoms with van der Waals surface area (Å²) in [4.78, 5) is 2.32. The molecule has 2 aliphatic heterocycles. The SMILES string of the molecule is COC1=C2O[C@H]3C(OC(=S)Oc4c(F)c(F)c(F)c(F)c4F)=CC45C[C@]36C2C(C=C1)CC(N4CC1CC1)C56O. The maximum atomic E-state index is 14.2. The van der Waals surface area contributed by atoms with Crippen molar-refractivity contribution in [1.82, 2.24) is 4.90 Å². The Labute approximate surface area is 224 Å². The van der Waals surface area contributed by atoms with Crippen LogP contribution in [0.5, 0.6) is 5.75 Å². The summed E-state index contributed by atoms with van der Waals surface area (Å²) in [6, 6.07) is -0.0818. The van der Waals surface area contributed by atoms with E-state index in [9.17, 15) is 27.1 Å². The maximum Gasteiger partial charge on any atom is 0.363 e. The molecule has 0 amide bonds. The van der Waals surface area contributed by atoms with Crippen molar-refractivity contribution < 1.29 is 46.0 Å². The monoisotopic (exact) mass is 567 g/mol. The molecule has 2 bridgehead atoms. The number of methoxy groups -OCH3 is 1. The summed E-state index contributed by atoms with van der Waals surface area (Å²) in [6.45, 7) is 0.816. The number of thiocarbonyl (C=S) groups is 1. The van der Waals surface area contributed by atoms with Crippen LogP contribution in [0.4, 0.5) is 22.0 Å². The van der Waals surface area contributed by atoms with Crippen molar-refractivity contribution in [2.45, 2.75) is 49.0 Å². The first kappa shape index (κ1) is 24.1. The van der Waals surface area contributed by atoms with Gasteiger partial charge in [-0.1, -0.05) is 6.08 Å². The lowest BCUT2D eigenvalue weighted by molar-refractivity contribution is -0.414. The first-order valence-corrected chi connectivity index (χ1v) is 13.3. The van der Waals surface area contributed by atoms with E-state index >= 15 is 0 Å². The fraction of sp³-hybridized carbons (Fsp3) is 0.519. The van der Waals surface area contributed by atoms with E-state index in [1.807, 2.05) is 6.08 Å². The van der Waals surface area contributed by atoms with Crippen LogP contribution in [0.2, 0.25) is 0 Å². The fourth-order valence-corrected chi connectivity index (χ4v) is 8.71. The van der Waals surface area contributed by atoms with Crippen LogP contribution in [0.15, 0.2) is 35.5 Å². The first-order chi connectivity index (χ1) is 18.6. The van der Waals surface area contributed by atoms with Gasteiger partial charge in [-0.05, 0) is 49.7 Å². The van der Waals surface area contributed by atoms with Crippen molar-refractivity contribution in [3.8, 4) is 5.75 Å². The van der Waals surface area contributed by atoms with Crippen molar-refractivity contribution in [3.63, 3.8) is 0 Å². The Hall–Kier alpha value is -2.70. The van der Waals surface area contributed by atoms with Gasteiger partial charge in [0.25, 0.3) is 0 Å². The third-order valence-corrected chi connectivity index (χ3v) is 10.2. The summed E-state index contributed by atoms with van der Waals surface area (Å²) < 4.78 is 92.0. The van der Waals surface area contributed by atoms with Crippen LogP contribution in [0.3, 0.4) is 0 Å². The molecule has 206 valence electrons. The average molecular weight is 568 g/mol. The fourth-order valence-electron chi connectivity index (χ4n) is 8.53. The van der Waals surface area contributed by atoms with Gasteiger partial charge >= 0.3 is 5.24 Å². The van der Waals surface area contributed by atoms with Gasteiger partial charge in [0.15, 0.2) is 11.9 Å². The molecule has 3 saturated carbocycles. The highest BCUT2D eigenvalue weighted by Gasteiger charge is 2.95. The van der Waals surface area contributed by atoms with Gasteiger partial charge in [-0.2, -0.15) is 8.78 Å². The van der Waals surface area contributed by atoms with Gasteiger partial charge in [0, 0.05) is 30.7 Å². The smallest absolute Gasteiger partial charge is 0.363 e. The predicted molar refractivity (Wildman–Crippen MR) is 126 cm³/mol. The van der Waals surface area contributed by atoms with Crippen molar-refractivity contribution in [1.29, 1.82) is 0 Å². The molecule has 1 aromatic rings. The maximum absolute atomic E-state index is 14.2. The molecule has 6 nitrogen and oxygen atoms in total. The Morgan fingerprint density at radius 1 is 1.10 bits per heavy atom. The second kappa shape index (κ2) is 7.32. The molecule has 2 heterocycles. The van der Waals surface area contributed by atoms with E-state index in [1.165, 1.54) is 7.11 Å². The summed E-state index contributed by atoms with van der Waals surface area (Å²) in [5, 5.41) is 11.5. The minimum Gasteiger partial charge on any atom is -0.493 e. The molecule has 1 N–H and O–H groups in total. The van der Waals surface area contributed by atoms with Gasteiger partial charge in [-0.3, -0.25) is 4.90 Å². The largest absolute Gasteiger partial charge is 0.493 e. The van der Waals surface area contributed by atoms with E-state index in [1.54, 1.807) is 6.08 Å². The quantitative estimate of drug-likeness (QED) is 0.245. The number of piperidine rings is 1. The number of benzene rings is 1. The number of rotatable bonds is 5. The normalized spacial score (nSPS) is 40.2. The van der Waals surface area contributed by atoms with E-state index in [4.69, 9.17) is 31.2 Å². The third-order valence-electron chi connectivity index (χ3n) is 10.1. The molecular weight excluding hydrogens is 545 g/mol. The molecule has 0 aromatic heterocycles. The van der Waals surface area contributed by atoms with Gasteiger partial charge in [-0.15, -0.1) is 0 Å². The number of halogens is 5. The molecule has 2 spiro atoms. The lowest BCUT2D eigenvalue weighted by Gasteiger charge is -2.86. The predicted octanol–water partition coefficient (Wildman–Crippen LogP) is 4.38. The molecule has 39 heavy (non-hydrogen) atoms. The van der Waals surface area contributed by atoms with Crippen molar-refractivity contribution in [3.05, 3.63) is 64.6 Å². The Kier molecular flexibility index (Phi) is 4.53. The van der Waals surface area contributed by atoms with E-state index in [2.05, 4.69) is 11.0 Å². The van der Waals surface area contributed by atoms with Gasteiger partial charge in [-0.25, -0.2) is 13.2 Å². The lowest BCUT2D eigenvalue weighted by atomic mass is 9.28. The topological polar surface area (TPSA) is 60.4 Å².